The Kier molecular flexibility index (Phi) is 4.00. The summed E-state index contributed by atoms with van der Waals surface area (Å²) < 4.78 is 5.71. The van der Waals surface area contributed by atoms with Crippen molar-refractivity contribution in [3.63, 3.8) is 0 Å². The fourth-order valence-corrected chi connectivity index (χ4v) is 3.19. The summed E-state index contributed by atoms with van der Waals surface area (Å²) in [5.41, 5.74) is 2.79. The highest BCUT2D eigenvalue weighted by molar-refractivity contribution is 5.92. The van der Waals surface area contributed by atoms with Crippen molar-refractivity contribution in [2.45, 2.75) is 6.42 Å². The Bertz CT molecular complexity index is 827. The molecule has 3 aromatic rings. The number of aromatic amines is 2. The van der Waals surface area contributed by atoms with Crippen LogP contribution in [0.3, 0.4) is 0 Å². The van der Waals surface area contributed by atoms with Crippen molar-refractivity contribution in [1.82, 2.24) is 25.3 Å². The molecule has 1 fully saturated rings. The molecule has 0 saturated carbocycles. The number of aromatic nitrogens is 4. The van der Waals surface area contributed by atoms with E-state index in [9.17, 15) is 4.79 Å². The fourth-order valence-electron chi connectivity index (χ4n) is 3.19. The van der Waals surface area contributed by atoms with Crippen molar-refractivity contribution in [2.24, 2.45) is 5.92 Å². The molecule has 1 unspecified atom stereocenters. The van der Waals surface area contributed by atoms with Crippen LogP contribution in [0.1, 0.15) is 16.1 Å². The number of carbonyl (C=O) groups excluding carboxylic acids is 1. The average Bonchev–Trinajstić information content (AvgIpc) is 3.23. The molecule has 4 rings (SSSR count). The van der Waals surface area contributed by atoms with Crippen molar-refractivity contribution >= 4 is 16.8 Å². The van der Waals surface area contributed by atoms with Crippen LogP contribution in [-0.2, 0) is 11.2 Å². The molecule has 1 amide bonds. The number of rotatable bonds is 3. The van der Waals surface area contributed by atoms with Gasteiger partial charge < -0.3 is 9.64 Å². The van der Waals surface area contributed by atoms with Gasteiger partial charge in [-0.15, -0.1) is 0 Å². The first-order valence-corrected chi connectivity index (χ1v) is 8.08. The van der Waals surface area contributed by atoms with Crippen molar-refractivity contribution in [3.05, 3.63) is 47.9 Å². The van der Waals surface area contributed by atoms with Crippen molar-refractivity contribution in [2.75, 3.05) is 26.3 Å². The molecular weight excluding hydrogens is 306 g/mol. The van der Waals surface area contributed by atoms with Gasteiger partial charge in [-0.2, -0.15) is 10.2 Å². The minimum Gasteiger partial charge on any atom is -0.379 e. The minimum absolute atomic E-state index is 0.0201. The molecule has 1 aliphatic heterocycles. The first-order valence-electron chi connectivity index (χ1n) is 8.08. The molecule has 1 aromatic carbocycles. The monoisotopic (exact) mass is 325 g/mol. The Balaban J connectivity index is 1.48. The molecule has 3 heterocycles. The second kappa shape index (κ2) is 6.45. The number of hydrogen-bond donors (Lipinski definition) is 2. The standard InChI is InChI=1S/C17H19N5O2/c23-17(16-3-4-18-21-16)22-5-6-24-11-13(10-22)7-12-1-2-15-14(8-12)9-19-20-15/h1-4,8-9,13H,5-7,10-11H2,(H,18,21)(H,19,20). The van der Waals surface area contributed by atoms with Crippen LogP contribution in [0.5, 0.6) is 0 Å². The summed E-state index contributed by atoms with van der Waals surface area (Å²) in [5, 5.41) is 14.7. The van der Waals surface area contributed by atoms with Gasteiger partial charge in [-0.1, -0.05) is 6.07 Å². The zero-order valence-electron chi connectivity index (χ0n) is 13.2. The zero-order chi connectivity index (χ0) is 16.4. The van der Waals surface area contributed by atoms with E-state index in [1.54, 1.807) is 12.3 Å². The van der Waals surface area contributed by atoms with E-state index in [4.69, 9.17) is 4.74 Å². The maximum atomic E-state index is 12.5. The van der Waals surface area contributed by atoms with Gasteiger partial charge in [0.2, 0.25) is 0 Å². The van der Waals surface area contributed by atoms with Crippen molar-refractivity contribution in [3.8, 4) is 0 Å². The Morgan fingerprint density at radius 2 is 2.25 bits per heavy atom. The minimum atomic E-state index is -0.0201. The first kappa shape index (κ1) is 14.9. The van der Waals surface area contributed by atoms with Gasteiger partial charge in [0.1, 0.15) is 5.69 Å². The molecule has 0 bridgehead atoms. The van der Waals surface area contributed by atoms with Crippen molar-refractivity contribution < 1.29 is 9.53 Å². The molecule has 0 spiro atoms. The molecule has 124 valence electrons. The van der Waals surface area contributed by atoms with Crippen LogP contribution in [0, 0.1) is 5.92 Å². The summed E-state index contributed by atoms with van der Waals surface area (Å²) in [6.07, 6.45) is 4.30. The maximum Gasteiger partial charge on any atom is 0.271 e. The van der Waals surface area contributed by atoms with Crippen LogP contribution in [0.2, 0.25) is 0 Å². The number of amides is 1. The highest BCUT2D eigenvalue weighted by atomic mass is 16.5. The Morgan fingerprint density at radius 3 is 3.12 bits per heavy atom. The molecule has 7 heteroatoms. The number of benzene rings is 1. The number of ether oxygens (including phenoxy) is 1. The molecule has 0 radical (unpaired) electrons. The number of nitrogens with zero attached hydrogens (tertiary/aromatic N) is 3. The Hall–Kier alpha value is -2.67. The lowest BCUT2D eigenvalue weighted by atomic mass is 9.98. The van der Waals surface area contributed by atoms with Gasteiger partial charge in [0, 0.05) is 30.6 Å². The largest absolute Gasteiger partial charge is 0.379 e. The van der Waals surface area contributed by atoms with Gasteiger partial charge in [-0.05, 0) is 30.2 Å². The lowest BCUT2D eigenvalue weighted by Crippen LogP contribution is -2.36. The molecule has 1 saturated heterocycles. The number of nitrogens with one attached hydrogen (secondary N) is 2. The lowest BCUT2D eigenvalue weighted by Gasteiger charge is -2.23. The number of fused-ring (bicyclic) bond motifs is 1. The topological polar surface area (TPSA) is 86.9 Å². The summed E-state index contributed by atoms with van der Waals surface area (Å²) >= 11 is 0. The van der Waals surface area contributed by atoms with Gasteiger partial charge in [0.25, 0.3) is 5.91 Å². The van der Waals surface area contributed by atoms with E-state index in [1.807, 2.05) is 17.2 Å². The highest BCUT2D eigenvalue weighted by Crippen LogP contribution is 2.19. The average molecular weight is 325 g/mol. The maximum absolute atomic E-state index is 12.5. The van der Waals surface area contributed by atoms with E-state index < -0.39 is 0 Å². The smallest absolute Gasteiger partial charge is 0.271 e. The van der Waals surface area contributed by atoms with Crippen LogP contribution < -0.4 is 0 Å². The molecule has 0 aliphatic carbocycles. The number of carbonyl (C=O) groups is 1. The molecule has 1 aliphatic rings. The van der Waals surface area contributed by atoms with Crippen molar-refractivity contribution in [1.29, 1.82) is 0 Å². The zero-order valence-corrected chi connectivity index (χ0v) is 13.2. The van der Waals surface area contributed by atoms with E-state index in [0.717, 1.165) is 17.3 Å². The second-order valence-corrected chi connectivity index (χ2v) is 6.16. The van der Waals surface area contributed by atoms with E-state index >= 15 is 0 Å². The predicted molar refractivity (Wildman–Crippen MR) is 88.6 cm³/mol. The summed E-state index contributed by atoms with van der Waals surface area (Å²) in [7, 11) is 0. The van der Waals surface area contributed by atoms with Gasteiger partial charge >= 0.3 is 0 Å². The van der Waals surface area contributed by atoms with Crippen LogP contribution in [0.4, 0.5) is 0 Å². The third-order valence-electron chi connectivity index (χ3n) is 4.39. The van der Waals surface area contributed by atoms with Gasteiger partial charge in [0.05, 0.1) is 24.9 Å². The number of hydrogen-bond acceptors (Lipinski definition) is 4. The Labute approximate surface area is 139 Å². The van der Waals surface area contributed by atoms with Crippen LogP contribution in [0.25, 0.3) is 10.9 Å². The predicted octanol–water partition coefficient (Wildman–Crippen LogP) is 1.62. The van der Waals surface area contributed by atoms with Gasteiger partial charge in [-0.3, -0.25) is 15.0 Å². The second-order valence-electron chi connectivity index (χ2n) is 6.16. The van der Waals surface area contributed by atoms with E-state index in [2.05, 4.69) is 32.5 Å². The molecule has 2 aromatic heterocycles. The lowest BCUT2D eigenvalue weighted by molar-refractivity contribution is 0.0731. The van der Waals surface area contributed by atoms with E-state index in [0.29, 0.717) is 32.0 Å². The summed E-state index contributed by atoms with van der Waals surface area (Å²) in [4.78, 5) is 14.4. The third-order valence-corrected chi connectivity index (χ3v) is 4.39. The summed E-state index contributed by atoms with van der Waals surface area (Å²) in [6.45, 7) is 2.52. The quantitative estimate of drug-likeness (QED) is 0.766. The highest BCUT2D eigenvalue weighted by Gasteiger charge is 2.24. The van der Waals surface area contributed by atoms with Crippen LogP contribution in [0.15, 0.2) is 36.7 Å². The molecule has 2 N–H and O–H groups in total. The molecule has 7 nitrogen and oxygen atoms in total. The van der Waals surface area contributed by atoms with Crippen LogP contribution >= 0.6 is 0 Å². The SMILES string of the molecule is O=C(c1ccn[nH]1)N1CCOCC(Cc2ccc3[nH]ncc3c2)C1. The molecular formula is C17H19N5O2. The fraction of sp³-hybridized carbons (Fsp3) is 0.353. The molecule has 1 atom stereocenters. The Morgan fingerprint density at radius 1 is 1.29 bits per heavy atom. The number of H-pyrrole nitrogens is 2. The van der Waals surface area contributed by atoms with E-state index in [1.165, 1.54) is 5.56 Å². The van der Waals surface area contributed by atoms with E-state index in [-0.39, 0.29) is 11.8 Å². The van der Waals surface area contributed by atoms with Gasteiger partial charge in [0.15, 0.2) is 0 Å². The molecule has 24 heavy (non-hydrogen) atoms. The van der Waals surface area contributed by atoms with Crippen LogP contribution in [-0.4, -0.2) is 57.5 Å². The summed E-state index contributed by atoms with van der Waals surface area (Å²) in [6, 6.07) is 8.00. The first-order chi connectivity index (χ1) is 11.8. The summed E-state index contributed by atoms with van der Waals surface area (Å²) in [5.74, 6) is 0.247. The third kappa shape index (κ3) is 3.03. The normalized spacial score (nSPS) is 18.7. The van der Waals surface area contributed by atoms with Gasteiger partial charge in [-0.25, -0.2) is 0 Å².